The molecule has 0 aromatic carbocycles. The summed E-state index contributed by atoms with van der Waals surface area (Å²) in [5.74, 6) is 1.16. The molecule has 1 aliphatic heterocycles. The maximum atomic E-state index is 12.4. The number of amides is 1. The lowest BCUT2D eigenvalue weighted by atomic mass is 9.87. The van der Waals surface area contributed by atoms with E-state index in [2.05, 4.69) is 23.6 Å². The molecule has 0 N–H and O–H groups in total. The van der Waals surface area contributed by atoms with Crippen LogP contribution in [0.4, 0.5) is 0 Å². The zero-order valence-electron chi connectivity index (χ0n) is 15.5. The fourth-order valence-corrected chi connectivity index (χ4v) is 3.40. The average Bonchev–Trinajstić information content (AvgIpc) is 2.57. The molecule has 1 amide bonds. The van der Waals surface area contributed by atoms with Gasteiger partial charge in [0.25, 0.3) is 0 Å². The summed E-state index contributed by atoms with van der Waals surface area (Å²) >= 11 is 0. The van der Waals surface area contributed by atoms with E-state index in [9.17, 15) is 4.79 Å². The van der Waals surface area contributed by atoms with E-state index in [1.807, 2.05) is 25.8 Å². The Morgan fingerprint density at radius 2 is 1.50 bits per heavy atom. The minimum Gasteiger partial charge on any atom is -0.342 e. The van der Waals surface area contributed by atoms with Gasteiger partial charge in [0.1, 0.15) is 0 Å². The van der Waals surface area contributed by atoms with Crippen LogP contribution >= 0.6 is 0 Å². The third kappa shape index (κ3) is 5.88. The number of piperazine rings is 1. The van der Waals surface area contributed by atoms with Gasteiger partial charge in [0.2, 0.25) is 5.91 Å². The molecule has 4 heteroatoms. The van der Waals surface area contributed by atoms with Crippen molar-refractivity contribution in [1.29, 1.82) is 0 Å². The fourth-order valence-electron chi connectivity index (χ4n) is 3.40. The van der Waals surface area contributed by atoms with Crippen LogP contribution in [0.1, 0.15) is 53.4 Å². The molecule has 1 saturated carbocycles. The second-order valence-corrected chi connectivity index (χ2v) is 6.63. The first-order valence-corrected chi connectivity index (χ1v) is 9.30. The number of carbonyl (C=O) groups excluding carboxylic acids is 1. The Balaban J connectivity index is 0.00000116. The summed E-state index contributed by atoms with van der Waals surface area (Å²) < 4.78 is 0. The Labute approximate surface area is 137 Å². The summed E-state index contributed by atoms with van der Waals surface area (Å²) in [6.45, 7) is 14.6. The molecule has 0 aromatic rings. The molecule has 0 radical (unpaired) electrons. The number of carbonyl (C=O) groups is 1. The van der Waals surface area contributed by atoms with Crippen LogP contribution in [0.25, 0.3) is 0 Å². The molecule has 0 unspecified atom stereocenters. The maximum absolute atomic E-state index is 12.4. The summed E-state index contributed by atoms with van der Waals surface area (Å²) in [6, 6.07) is 0.482. The van der Waals surface area contributed by atoms with Gasteiger partial charge in [0.15, 0.2) is 0 Å². The largest absolute Gasteiger partial charge is 0.342 e. The summed E-state index contributed by atoms with van der Waals surface area (Å²) in [7, 11) is 2.01. The van der Waals surface area contributed by atoms with E-state index in [0.717, 1.165) is 38.6 Å². The van der Waals surface area contributed by atoms with Crippen LogP contribution in [-0.4, -0.2) is 73.0 Å². The predicted octanol–water partition coefficient (Wildman–Crippen LogP) is 2.69. The van der Waals surface area contributed by atoms with E-state index in [0.29, 0.717) is 18.5 Å². The topological polar surface area (TPSA) is 26.8 Å². The van der Waals surface area contributed by atoms with Gasteiger partial charge < -0.3 is 9.80 Å². The van der Waals surface area contributed by atoms with Crippen molar-refractivity contribution in [2.24, 2.45) is 5.92 Å². The molecule has 1 saturated heterocycles. The van der Waals surface area contributed by atoms with E-state index in [1.54, 1.807) is 0 Å². The molecular weight excluding hydrogens is 274 g/mol. The molecule has 4 nitrogen and oxygen atoms in total. The van der Waals surface area contributed by atoms with Crippen molar-refractivity contribution in [3.8, 4) is 0 Å². The van der Waals surface area contributed by atoms with Crippen molar-refractivity contribution in [1.82, 2.24) is 14.7 Å². The summed E-state index contributed by atoms with van der Waals surface area (Å²) in [5, 5.41) is 0. The van der Waals surface area contributed by atoms with Crippen molar-refractivity contribution in [2.75, 3.05) is 46.3 Å². The molecule has 0 aromatic heterocycles. The predicted molar refractivity (Wildman–Crippen MR) is 94.1 cm³/mol. The molecule has 0 bridgehead atoms. The highest BCUT2D eigenvalue weighted by atomic mass is 16.2. The maximum Gasteiger partial charge on any atom is 0.236 e. The molecule has 22 heavy (non-hydrogen) atoms. The van der Waals surface area contributed by atoms with Crippen molar-refractivity contribution in [3.63, 3.8) is 0 Å². The zero-order chi connectivity index (χ0) is 16.5. The molecule has 2 fully saturated rings. The van der Waals surface area contributed by atoms with Gasteiger partial charge in [-0.25, -0.2) is 0 Å². The Bertz CT molecular complexity index is 305. The van der Waals surface area contributed by atoms with E-state index < -0.39 is 0 Å². The Morgan fingerprint density at radius 1 is 1.00 bits per heavy atom. The number of nitrogens with zero attached hydrogens (tertiary/aromatic N) is 3. The third-order valence-corrected chi connectivity index (χ3v) is 5.20. The van der Waals surface area contributed by atoms with Crippen LogP contribution in [0.5, 0.6) is 0 Å². The van der Waals surface area contributed by atoms with Crippen LogP contribution in [0, 0.1) is 5.92 Å². The van der Waals surface area contributed by atoms with E-state index >= 15 is 0 Å². The molecule has 0 atom stereocenters. The summed E-state index contributed by atoms with van der Waals surface area (Å²) in [6.07, 6.45) is 4.93. The normalized spacial score (nSPS) is 27.0. The number of hydrogen-bond acceptors (Lipinski definition) is 3. The lowest BCUT2D eigenvalue weighted by molar-refractivity contribution is -0.134. The van der Waals surface area contributed by atoms with Crippen LogP contribution < -0.4 is 0 Å². The molecule has 130 valence electrons. The minimum atomic E-state index is 0.314. The Morgan fingerprint density at radius 3 is 2.00 bits per heavy atom. The van der Waals surface area contributed by atoms with Gasteiger partial charge in [-0.2, -0.15) is 0 Å². The van der Waals surface area contributed by atoms with Crippen molar-refractivity contribution >= 4 is 5.91 Å². The lowest BCUT2D eigenvalue weighted by Crippen LogP contribution is -2.51. The molecule has 2 aliphatic rings. The van der Waals surface area contributed by atoms with Gasteiger partial charge in [0, 0.05) is 39.3 Å². The van der Waals surface area contributed by atoms with Gasteiger partial charge in [-0.3, -0.25) is 9.69 Å². The number of likely N-dealkylation sites (N-methyl/N-ethyl adjacent to an activating group) is 2. The van der Waals surface area contributed by atoms with Gasteiger partial charge in [-0.1, -0.05) is 27.7 Å². The highest BCUT2D eigenvalue weighted by molar-refractivity contribution is 5.78. The smallest absolute Gasteiger partial charge is 0.236 e. The van der Waals surface area contributed by atoms with Crippen molar-refractivity contribution < 1.29 is 4.79 Å². The second-order valence-electron chi connectivity index (χ2n) is 6.63. The Kier molecular flexibility index (Phi) is 9.03. The lowest BCUT2D eigenvalue weighted by Gasteiger charge is -2.37. The van der Waals surface area contributed by atoms with Gasteiger partial charge in [-0.05, 0) is 38.1 Å². The first kappa shape index (κ1) is 19.4. The molecule has 2 rings (SSSR count). The summed E-state index contributed by atoms with van der Waals surface area (Å²) in [5.41, 5.74) is 0. The monoisotopic (exact) mass is 311 g/mol. The number of rotatable bonds is 4. The highest BCUT2D eigenvalue weighted by Gasteiger charge is 2.26. The van der Waals surface area contributed by atoms with Gasteiger partial charge >= 0.3 is 0 Å². The Hall–Kier alpha value is -0.610. The second kappa shape index (κ2) is 10.2. The fraction of sp³-hybridized carbons (Fsp3) is 0.944. The first-order valence-electron chi connectivity index (χ1n) is 9.30. The van der Waals surface area contributed by atoms with Crippen molar-refractivity contribution in [2.45, 2.75) is 59.4 Å². The van der Waals surface area contributed by atoms with Crippen LogP contribution in [-0.2, 0) is 4.79 Å². The van der Waals surface area contributed by atoms with Crippen LogP contribution in [0.2, 0.25) is 0 Å². The SMILES string of the molecule is CC.CCN1CCN(CC(=O)N(C)C2CCC(C)CC2)CC1. The third-order valence-electron chi connectivity index (χ3n) is 5.20. The number of hydrogen-bond donors (Lipinski definition) is 0. The zero-order valence-corrected chi connectivity index (χ0v) is 15.5. The molecule has 1 aliphatic carbocycles. The summed E-state index contributed by atoms with van der Waals surface area (Å²) in [4.78, 5) is 19.2. The minimum absolute atomic E-state index is 0.314. The van der Waals surface area contributed by atoms with Gasteiger partial charge in [0.05, 0.1) is 6.54 Å². The van der Waals surface area contributed by atoms with E-state index in [4.69, 9.17) is 0 Å². The molecular formula is C18H37N3O. The van der Waals surface area contributed by atoms with Crippen molar-refractivity contribution in [3.05, 3.63) is 0 Å². The quantitative estimate of drug-likeness (QED) is 0.799. The van der Waals surface area contributed by atoms with Gasteiger partial charge in [-0.15, -0.1) is 0 Å². The standard InChI is InChI=1S/C16H31N3O.C2H6/c1-4-18-9-11-19(12-10-18)13-16(20)17(3)15-7-5-14(2)6-8-15;1-2/h14-15H,4-13H2,1-3H3;1-2H3. The van der Waals surface area contributed by atoms with E-state index in [1.165, 1.54) is 25.7 Å². The average molecular weight is 312 g/mol. The highest BCUT2D eigenvalue weighted by Crippen LogP contribution is 2.26. The molecule has 1 heterocycles. The first-order chi connectivity index (χ1) is 10.6. The van der Waals surface area contributed by atoms with Crippen LogP contribution in [0.3, 0.4) is 0 Å². The molecule has 0 spiro atoms. The van der Waals surface area contributed by atoms with Crippen LogP contribution in [0.15, 0.2) is 0 Å². The van der Waals surface area contributed by atoms with E-state index in [-0.39, 0.29) is 0 Å².